The number of ether oxygens (including phenoxy) is 1. The number of benzene rings is 2. The molecule has 0 saturated carbocycles. The predicted octanol–water partition coefficient (Wildman–Crippen LogP) is 4.04. The maximum Gasteiger partial charge on any atom is 0.325 e. The van der Waals surface area contributed by atoms with Crippen molar-refractivity contribution in [2.75, 3.05) is 13.7 Å². The van der Waals surface area contributed by atoms with Crippen LogP contribution >= 0.6 is 11.8 Å². The molecule has 2 aromatic carbocycles. The van der Waals surface area contributed by atoms with E-state index in [0.717, 1.165) is 33.1 Å². The van der Waals surface area contributed by atoms with Crippen LogP contribution in [0.25, 0.3) is 17.0 Å². The number of nitrogens with zero attached hydrogens (tertiary/aromatic N) is 2. The van der Waals surface area contributed by atoms with Gasteiger partial charge in [-0.25, -0.2) is 4.39 Å². The zero-order chi connectivity index (χ0) is 21.3. The summed E-state index contributed by atoms with van der Waals surface area (Å²) in [5, 5.41) is 0.348. The Balaban J connectivity index is 1.70. The molecule has 0 spiro atoms. The third-order valence-corrected chi connectivity index (χ3v) is 5.70. The molecular weight excluding hydrogens is 407 g/mol. The molecule has 4 rings (SSSR count). The highest BCUT2D eigenvalue weighted by Gasteiger charge is 2.36. The van der Waals surface area contributed by atoms with Crippen LogP contribution < -0.4 is 0 Å². The van der Waals surface area contributed by atoms with Gasteiger partial charge < -0.3 is 9.30 Å². The summed E-state index contributed by atoms with van der Waals surface area (Å²) in [6, 6.07) is 14.1. The average Bonchev–Trinajstić information content (AvgIpc) is 3.22. The van der Waals surface area contributed by atoms with Crippen LogP contribution in [0.1, 0.15) is 11.1 Å². The van der Waals surface area contributed by atoms with Crippen molar-refractivity contribution in [3.8, 4) is 0 Å². The average molecular weight is 424 g/mol. The quantitative estimate of drug-likeness (QED) is 0.457. The Bertz CT molecular complexity index is 1200. The Labute approximate surface area is 175 Å². The van der Waals surface area contributed by atoms with Gasteiger partial charge >= 0.3 is 5.97 Å². The minimum atomic E-state index is -0.667. The lowest BCUT2D eigenvalue weighted by molar-refractivity contribution is -0.143. The Morgan fingerprint density at radius 3 is 2.63 bits per heavy atom. The van der Waals surface area contributed by atoms with E-state index >= 15 is 0 Å². The van der Waals surface area contributed by atoms with Crippen molar-refractivity contribution in [1.29, 1.82) is 0 Å². The first-order valence-corrected chi connectivity index (χ1v) is 9.93. The van der Waals surface area contributed by atoms with Crippen LogP contribution in [0, 0.1) is 5.82 Å². The number of amides is 2. The lowest BCUT2D eigenvalue weighted by atomic mass is 10.1. The van der Waals surface area contributed by atoms with Crippen molar-refractivity contribution in [3.63, 3.8) is 0 Å². The number of hydrogen-bond acceptors (Lipinski definition) is 5. The number of carbonyl (C=O) groups is 3. The minimum absolute atomic E-state index is 0.220. The molecule has 1 aliphatic heterocycles. The van der Waals surface area contributed by atoms with Gasteiger partial charge in [0.2, 0.25) is 0 Å². The maximum atomic E-state index is 14.1. The molecule has 0 unspecified atom stereocenters. The molecule has 1 aromatic heterocycles. The van der Waals surface area contributed by atoms with E-state index < -0.39 is 23.7 Å². The van der Waals surface area contributed by atoms with Gasteiger partial charge in [0, 0.05) is 28.2 Å². The Morgan fingerprint density at radius 1 is 1.13 bits per heavy atom. The molecule has 0 atom stereocenters. The van der Waals surface area contributed by atoms with E-state index in [1.165, 1.54) is 13.2 Å². The Morgan fingerprint density at radius 2 is 1.87 bits per heavy atom. The molecule has 2 heterocycles. The number of rotatable bonds is 5. The van der Waals surface area contributed by atoms with E-state index in [0.29, 0.717) is 12.1 Å². The fraction of sp³-hybridized carbons (Fsp3) is 0.136. The number of imide groups is 1. The van der Waals surface area contributed by atoms with Gasteiger partial charge in [-0.3, -0.25) is 19.3 Å². The number of para-hydroxylation sites is 1. The summed E-state index contributed by atoms with van der Waals surface area (Å²) in [5.41, 5.74) is 2.15. The summed E-state index contributed by atoms with van der Waals surface area (Å²) in [6.45, 7) is -0.0988. The third kappa shape index (κ3) is 3.73. The molecule has 152 valence electrons. The molecule has 0 aliphatic carbocycles. The molecule has 1 saturated heterocycles. The first-order chi connectivity index (χ1) is 14.5. The summed E-state index contributed by atoms with van der Waals surface area (Å²) >= 11 is 0.775. The lowest BCUT2D eigenvalue weighted by Crippen LogP contribution is -2.34. The van der Waals surface area contributed by atoms with Crippen molar-refractivity contribution >= 4 is 45.9 Å². The summed E-state index contributed by atoms with van der Waals surface area (Å²) in [5.74, 6) is -1.50. The summed E-state index contributed by atoms with van der Waals surface area (Å²) < 4.78 is 20.6. The van der Waals surface area contributed by atoms with Crippen LogP contribution in [-0.2, 0) is 20.9 Å². The van der Waals surface area contributed by atoms with Crippen molar-refractivity contribution in [1.82, 2.24) is 9.47 Å². The molecule has 3 aromatic rings. The van der Waals surface area contributed by atoms with E-state index in [-0.39, 0.29) is 10.7 Å². The van der Waals surface area contributed by atoms with Crippen LogP contribution in [0.3, 0.4) is 0 Å². The number of esters is 1. The van der Waals surface area contributed by atoms with E-state index in [1.807, 2.05) is 35.0 Å². The zero-order valence-electron chi connectivity index (χ0n) is 16.0. The summed E-state index contributed by atoms with van der Waals surface area (Å²) in [6.07, 6.45) is 3.45. The molecule has 0 N–H and O–H groups in total. The van der Waals surface area contributed by atoms with Gasteiger partial charge in [-0.15, -0.1) is 0 Å². The second-order valence-corrected chi connectivity index (χ2v) is 7.66. The third-order valence-electron chi connectivity index (χ3n) is 4.79. The second kappa shape index (κ2) is 8.16. The highest BCUT2D eigenvalue weighted by atomic mass is 32.2. The monoisotopic (exact) mass is 424 g/mol. The van der Waals surface area contributed by atoms with Gasteiger partial charge in [-0.05, 0) is 30.0 Å². The molecule has 8 heteroatoms. The smallest absolute Gasteiger partial charge is 0.325 e. The van der Waals surface area contributed by atoms with Crippen LogP contribution in [0.2, 0.25) is 0 Å². The number of fused-ring (bicyclic) bond motifs is 1. The van der Waals surface area contributed by atoms with Crippen molar-refractivity contribution in [2.24, 2.45) is 0 Å². The maximum absolute atomic E-state index is 14.1. The molecule has 1 fully saturated rings. The summed E-state index contributed by atoms with van der Waals surface area (Å²) in [4.78, 5) is 37.3. The second-order valence-electron chi connectivity index (χ2n) is 6.66. The molecular formula is C22H17FN2O4S. The first kappa shape index (κ1) is 19.9. The number of carbonyl (C=O) groups excluding carboxylic acids is 3. The van der Waals surface area contributed by atoms with Gasteiger partial charge in [-0.2, -0.15) is 0 Å². The fourth-order valence-electron chi connectivity index (χ4n) is 3.30. The molecule has 30 heavy (non-hydrogen) atoms. The predicted molar refractivity (Wildman–Crippen MR) is 112 cm³/mol. The normalized spacial score (nSPS) is 15.4. The van der Waals surface area contributed by atoms with Gasteiger partial charge in [0.15, 0.2) is 0 Å². The van der Waals surface area contributed by atoms with E-state index in [2.05, 4.69) is 4.74 Å². The number of thioether (sulfide) groups is 1. The number of methoxy groups -OCH3 is 1. The first-order valence-electron chi connectivity index (χ1n) is 9.11. The molecule has 1 aliphatic rings. The molecule has 2 amide bonds. The van der Waals surface area contributed by atoms with Crippen LogP contribution in [-0.4, -0.2) is 40.2 Å². The van der Waals surface area contributed by atoms with E-state index in [1.54, 1.807) is 24.3 Å². The fourth-order valence-corrected chi connectivity index (χ4v) is 4.13. The highest BCUT2D eigenvalue weighted by Crippen LogP contribution is 2.34. The standard InChI is InChI=1S/C22H17FN2O4S/c1-29-20(26)13-25-21(27)19(30-22(25)28)10-15-12-24(18-9-5-3-7-16(15)18)11-14-6-2-4-8-17(14)23/h2-10,12H,11,13H2,1H3/b19-10+. The Kier molecular flexibility index (Phi) is 5.41. The van der Waals surface area contributed by atoms with Crippen LogP contribution in [0.4, 0.5) is 9.18 Å². The number of halogens is 1. The van der Waals surface area contributed by atoms with Crippen molar-refractivity contribution < 1.29 is 23.5 Å². The SMILES string of the molecule is COC(=O)CN1C(=O)S/C(=C/c2cn(Cc3ccccc3F)c3ccccc23)C1=O. The van der Waals surface area contributed by atoms with Crippen LogP contribution in [0.5, 0.6) is 0 Å². The highest BCUT2D eigenvalue weighted by molar-refractivity contribution is 8.18. The molecule has 0 bridgehead atoms. The van der Waals surface area contributed by atoms with Crippen LogP contribution in [0.15, 0.2) is 59.6 Å². The Hall–Kier alpha value is -3.39. The van der Waals surface area contributed by atoms with E-state index in [9.17, 15) is 18.8 Å². The molecule has 0 radical (unpaired) electrons. The van der Waals surface area contributed by atoms with Gasteiger partial charge in [0.05, 0.1) is 18.6 Å². The minimum Gasteiger partial charge on any atom is -0.468 e. The van der Waals surface area contributed by atoms with Gasteiger partial charge in [0.1, 0.15) is 12.4 Å². The zero-order valence-corrected chi connectivity index (χ0v) is 16.8. The topological polar surface area (TPSA) is 68.6 Å². The van der Waals surface area contributed by atoms with Gasteiger partial charge in [0.25, 0.3) is 11.1 Å². The van der Waals surface area contributed by atoms with Gasteiger partial charge in [-0.1, -0.05) is 36.4 Å². The van der Waals surface area contributed by atoms with Crippen molar-refractivity contribution in [3.05, 3.63) is 76.6 Å². The molecule has 6 nitrogen and oxygen atoms in total. The van der Waals surface area contributed by atoms with Crippen molar-refractivity contribution in [2.45, 2.75) is 6.54 Å². The number of hydrogen-bond donors (Lipinski definition) is 0. The van der Waals surface area contributed by atoms with E-state index in [4.69, 9.17) is 0 Å². The number of aromatic nitrogens is 1. The lowest BCUT2D eigenvalue weighted by Gasteiger charge is -2.09. The summed E-state index contributed by atoms with van der Waals surface area (Å²) in [7, 11) is 1.20. The largest absolute Gasteiger partial charge is 0.468 e.